The standard InChI is InChI=1S/C19H20N2O3S/c20-19(22)18-12-15-7-3-4-8-17(15)21(18)25(23,24)16-10-9-13-5-1-2-6-14(13)11-16/h3-4,7-11,18H,1-2,5-6,12H2,(H2,20,22). The molecule has 0 saturated carbocycles. The Morgan fingerprint density at radius 2 is 1.72 bits per heavy atom. The number of anilines is 1. The van der Waals surface area contributed by atoms with Crippen LogP contribution in [0.3, 0.4) is 0 Å². The Bertz CT molecular complexity index is 953. The van der Waals surface area contributed by atoms with Gasteiger partial charge in [-0.05, 0) is 60.6 Å². The molecule has 0 radical (unpaired) electrons. The third kappa shape index (κ3) is 2.61. The number of benzene rings is 2. The number of carbonyl (C=O) groups is 1. The Hall–Kier alpha value is -2.34. The largest absolute Gasteiger partial charge is 0.368 e. The van der Waals surface area contributed by atoms with Crippen LogP contribution in [-0.2, 0) is 34.1 Å². The minimum absolute atomic E-state index is 0.233. The highest BCUT2D eigenvalue weighted by molar-refractivity contribution is 7.93. The van der Waals surface area contributed by atoms with Crippen LogP contribution in [0.5, 0.6) is 0 Å². The number of primary amides is 1. The molecule has 4 rings (SSSR count). The van der Waals surface area contributed by atoms with Gasteiger partial charge in [-0.3, -0.25) is 9.10 Å². The van der Waals surface area contributed by atoms with Gasteiger partial charge < -0.3 is 5.73 Å². The van der Waals surface area contributed by atoms with Gasteiger partial charge in [0, 0.05) is 6.42 Å². The highest BCUT2D eigenvalue weighted by Gasteiger charge is 2.41. The maximum Gasteiger partial charge on any atom is 0.265 e. The van der Waals surface area contributed by atoms with Crippen molar-refractivity contribution in [2.75, 3.05) is 4.31 Å². The lowest BCUT2D eigenvalue weighted by molar-refractivity contribution is -0.118. The van der Waals surface area contributed by atoms with Crippen molar-refractivity contribution in [3.8, 4) is 0 Å². The summed E-state index contributed by atoms with van der Waals surface area (Å²) >= 11 is 0. The molecule has 25 heavy (non-hydrogen) atoms. The van der Waals surface area contributed by atoms with Crippen LogP contribution < -0.4 is 10.0 Å². The summed E-state index contributed by atoms with van der Waals surface area (Å²) < 4.78 is 27.8. The molecule has 1 unspecified atom stereocenters. The summed E-state index contributed by atoms with van der Waals surface area (Å²) in [5.41, 5.74) is 9.19. The Morgan fingerprint density at radius 1 is 1.00 bits per heavy atom. The van der Waals surface area contributed by atoms with Gasteiger partial charge in [-0.25, -0.2) is 8.42 Å². The Kier molecular flexibility index (Phi) is 3.80. The van der Waals surface area contributed by atoms with E-state index in [-0.39, 0.29) is 4.90 Å². The van der Waals surface area contributed by atoms with Gasteiger partial charge in [0.1, 0.15) is 6.04 Å². The summed E-state index contributed by atoms with van der Waals surface area (Å²) in [4.78, 5) is 12.1. The van der Waals surface area contributed by atoms with E-state index in [9.17, 15) is 13.2 Å². The normalized spacial score (nSPS) is 19.4. The number of nitrogens with zero attached hydrogens (tertiary/aromatic N) is 1. The minimum atomic E-state index is -3.85. The molecule has 1 aliphatic heterocycles. The molecule has 2 N–H and O–H groups in total. The number of para-hydroxylation sites is 1. The number of rotatable bonds is 3. The van der Waals surface area contributed by atoms with Crippen LogP contribution in [0, 0.1) is 0 Å². The molecule has 1 aliphatic carbocycles. The number of fused-ring (bicyclic) bond motifs is 2. The Morgan fingerprint density at radius 3 is 2.48 bits per heavy atom. The summed E-state index contributed by atoms with van der Waals surface area (Å²) in [5, 5.41) is 0. The van der Waals surface area contributed by atoms with Crippen molar-refractivity contribution in [1.29, 1.82) is 0 Å². The second-order valence-corrected chi connectivity index (χ2v) is 8.50. The molecule has 1 amide bonds. The molecule has 2 aromatic rings. The molecule has 0 spiro atoms. The highest BCUT2D eigenvalue weighted by atomic mass is 32.2. The quantitative estimate of drug-likeness (QED) is 0.915. The van der Waals surface area contributed by atoms with Crippen molar-refractivity contribution in [2.45, 2.75) is 43.0 Å². The molecule has 0 saturated heterocycles. The van der Waals surface area contributed by atoms with Gasteiger partial charge in [0.15, 0.2) is 0 Å². The molecular formula is C19H20N2O3S. The van der Waals surface area contributed by atoms with E-state index in [1.807, 2.05) is 18.2 Å². The van der Waals surface area contributed by atoms with Gasteiger partial charge in [-0.2, -0.15) is 0 Å². The van der Waals surface area contributed by atoms with Crippen LogP contribution in [0.2, 0.25) is 0 Å². The fourth-order valence-corrected chi connectivity index (χ4v) is 5.56. The number of amides is 1. The molecule has 0 bridgehead atoms. The molecule has 0 aromatic heterocycles. The zero-order chi connectivity index (χ0) is 17.6. The Balaban J connectivity index is 1.82. The average molecular weight is 356 g/mol. The lowest BCUT2D eigenvalue weighted by Crippen LogP contribution is -2.46. The lowest BCUT2D eigenvalue weighted by atomic mass is 9.92. The van der Waals surface area contributed by atoms with Crippen LogP contribution in [0.25, 0.3) is 0 Å². The van der Waals surface area contributed by atoms with Crippen molar-refractivity contribution in [1.82, 2.24) is 0 Å². The van der Waals surface area contributed by atoms with Crippen molar-refractivity contribution < 1.29 is 13.2 Å². The molecule has 2 aromatic carbocycles. The number of hydrogen-bond acceptors (Lipinski definition) is 3. The zero-order valence-corrected chi connectivity index (χ0v) is 14.6. The number of nitrogens with two attached hydrogens (primary N) is 1. The van der Waals surface area contributed by atoms with E-state index >= 15 is 0 Å². The summed E-state index contributed by atoms with van der Waals surface area (Å²) in [6.45, 7) is 0. The average Bonchev–Trinajstić information content (AvgIpc) is 3.02. The van der Waals surface area contributed by atoms with Crippen molar-refractivity contribution >= 4 is 21.6 Å². The smallest absolute Gasteiger partial charge is 0.265 e. The molecule has 1 atom stereocenters. The predicted molar refractivity (Wildman–Crippen MR) is 95.9 cm³/mol. The first kappa shape index (κ1) is 16.1. The third-order valence-corrected chi connectivity index (χ3v) is 6.95. The van der Waals surface area contributed by atoms with Gasteiger partial charge in [-0.15, -0.1) is 0 Å². The first-order valence-corrected chi connectivity index (χ1v) is 9.96. The monoisotopic (exact) mass is 356 g/mol. The maximum atomic E-state index is 13.3. The maximum absolute atomic E-state index is 13.3. The first-order valence-electron chi connectivity index (χ1n) is 8.52. The van der Waals surface area contributed by atoms with E-state index in [2.05, 4.69) is 0 Å². The van der Waals surface area contributed by atoms with Crippen LogP contribution in [0.1, 0.15) is 29.5 Å². The highest BCUT2D eigenvalue weighted by Crippen LogP contribution is 2.37. The van der Waals surface area contributed by atoms with Gasteiger partial charge in [-0.1, -0.05) is 24.3 Å². The second kappa shape index (κ2) is 5.88. The molecule has 1 heterocycles. The summed E-state index contributed by atoms with van der Waals surface area (Å²) in [6.07, 6.45) is 4.42. The van der Waals surface area contributed by atoms with Crippen LogP contribution >= 0.6 is 0 Å². The minimum Gasteiger partial charge on any atom is -0.368 e. The van der Waals surface area contributed by atoms with Crippen molar-refractivity contribution in [3.05, 3.63) is 59.2 Å². The summed E-state index contributed by atoms with van der Waals surface area (Å²) in [6, 6.07) is 11.6. The van der Waals surface area contributed by atoms with E-state index in [1.54, 1.807) is 24.3 Å². The molecule has 5 nitrogen and oxygen atoms in total. The Labute approximate surface area is 147 Å². The van der Waals surface area contributed by atoms with Crippen molar-refractivity contribution in [2.24, 2.45) is 5.73 Å². The number of hydrogen-bond donors (Lipinski definition) is 1. The van der Waals surface area contributed by atoms with Crippen LogP contribution in [0.4, 0.5) is 5.69 Å². The third-order valence-electron chi connectivity index (χ3n) is 5.13. The van der Waals surface area contributed by atoms with E-state index < -0.39 is 22.0 Å². The fraction of sp³-hybridized carbons (Fsp3) is 0.316. The van der Waals surface area contributed by atoms with E-state index in [4.69, 9.17) is 5.73 Å². The van der Waals surface area contributed by atoms with Gasteiger partial charge >= 0.3 is 0 Å². The fourth-order valence-electron chi connectivity index (χ4n) is 3.85. The number of sulfonamides is 1. The number of carbonyl (C=O) groups excluding carboxylic acids is 1. The van der Waals surface area contributed by atoms with E-state index in [0.29, 0.717) is 12.1 Å². The van der Waals surface area contributed by atoms with E-state index in [0.717, 1.165) is 36.8 Å². The lowest BCUT2D eigenvalue weighted by Gasteiger charge is -2.26. The zero-order valence-electron chi connectivity index (χ0n) is 13.8. The van der Waals surface area contributed by atoms with Gasteiger partial charge in [0.2, 0.25) is 5.91 Å². The van der Waals surface area contributed by atoms with Crippen LogP contribution in [0.15, 0.2) is 47.4 Å². The predicted octanol–water partition coefficient (Wildman–Crippen LogP) is 2.17. The molecule has 130 valence electrons. The van der Waals surface area contributed by atoms with Gasteiger partial charge in [0.05, 0.1) is 10.6 Å². The van der Waals surface area contributed by atoms with Crippen molar-refractivity contribution in [3.63, 3.8) is 0 Å². The topological polar surface area (TPSA) is 80.5 Å². The molecule has 6 heteroatoms. The van der Waals surface area contributed by atoms with Gasteiger partial charge in [0.25, 0.3) is 10.0 Å². The SMILES string of the molecule is NC(=O)C1Cc2ccccc2N1S(=O)(=O)c1ccc2c(c1)CCCC2. The molecular weight excluding hydrogens is 336 g/mol. The summed E-state index contributed by atoms with van der Waals surface area (Å²) in [7, 11) is -3.85. The van der Waals surface area contributed by atoms with Crippen LogP contribution in [-0.4, -0.2) is 20.4 Å². The number of aryl methyl sites for hydroxylation is 2. The first-order chi connectivity index (χ1) is 12.0. The molecule has 0 fully saturated rings. The second-order valence-electron chi connectivity index (χ2n) is 6.69. The summed E-state index contributed by atoms with van der Waals surface area (Å²) in [5.74, 6) is -0.627. The van der Waals surface area contributed by atoms with E-state index in [1.165, 1.54) is 9.87 Å². The molecule has 2 aliphatic rings.